The van der Waals surface area contributed by atoms with Gasteiger partial charge in [-0.05, 0) is 61.6 Å². The summed E-state index contributed by atoms with van der Waals surface area (Å²) >= 11 is 5.83. The first-order valence-electron chi connectivity index (χ1n) is 7.14. The van der Waals surface area contributed by atoms with Gasteiger partial charge in [-0.2, -0.15) is 0 Å². The number of pyridine rings is 1. The Hall–Kier alpha value is -1.87. The van der Waals surface area contributed by atoms with Crippen molar-refractivity contribution in [2.45, 2.75) is 31.8 Å². The molecule has 3 nitrogen and oxygen atoms in total. The maximum absolute atomic E-state index is 12.3. The zero-order valence-electron chi connectivity index (χ0n) is 11.6. The number of carbonyl (C=O) groups excluding carboxylic acids is 1. The van der Waals surface area contributed by atoms with E-state index in [1.54, 1.807) is 30.5 Å². The Morgan fingerprint density at radius 2 is 2.00 bits per heavy atom. The third kappa shape index (κ3) is 3.24. The molecular weight excluding hydrogens is 286 g/mol. The Balaban J connectivity index is 1.81. The lowest BCUT2D eigenvalue weighted by Gasteiger charge is -2.17. The van der Waals surface area contributed by atoms with Crippen molar-refractivity contribution in [2.24, 2.45) is 0 Å². The maximum Gasteiger partial charge on any atom is 0.338 e. The lowest BCUT2D eigenvalue weighted by atomic mass is 10.1. The first-order valence-corrected chi connectivity index (χ1v) is 7.52. The number of hydrogen-bond donors (Lipinski definition) is 0. The van der Waals surface area contributed by atoms with Gasteiger partial charge in [-0.1, -0.05) is 17.7 Å². The Labute approximate surface area is 128 Å². The van der Waals surface area contributed by atoms with E-state index in [9.17, 15) is 4.79 Å². The highest BCUT2D eigenvalue weighted by Gasteiger charge is 2.23. The Kier molecular flexibility index (Phi) is 4.20. The van der Waals surface area contributed by atoms with Crippen LogP contribution >= 0.6 is 11.6 Å². The average molecular weight is 302 g/mol. The van der Waals surface area contributed by atoms with E-state index in [-0.39, 0.29) is 12.1 Å². The van der Waals surface area contributed by atoms with Crippen molar-refractivity contribution in [2.75, 3.05) is 0 Å². The normalized spacial score (nSPS) is 17.7. The van der Waals surface area contributed by atoms with E-state index in [4.69, 9.17) is 16.3 Å². The summed E-state index contributed by atoms with van der Waals surface area (Å²) in [6.45, 7) is 0. The molecule has 0 N–H and O–H groups in total. The summed E-state index contributed by atoms with van der Waals surface area (Å²) in [5.74, 6) is -0.324. The van der Waals surface area contributed by atoms with Crippen LogP contribution in [0.4, 0.5) is 0 Å². The van der Waals surface area contributed by atoms with Crippen molar-refractivity contribution in [3.63, 3.8) is 0 Å². The molecule has 0 aliphatic heterocycles. The largest absolute Gasteiger partial charge is 0.452 e. The molecule has 0 fully saturated rings. The maximum atomic E-state index is 12.3. The van der Waals surface area contributed by atoms with Crippen LogP contribution in [-0.2, 0) is 11.2 Å². The molecule has 0 bridgehead atoms. The Morgan fingerprint density at radius 1 is 1.19 bits per heavy atom. The average Bonchev–Trinajstić information content (AvgIpc) is 2.71. The summed E-state index contributed by atoms with van der Waals surface area (Å²) in [4.78, 5) is 16.7. The number of nitrogens with zero attached hydrogens (tertiary/aromatic N) is 1. The predicted molar refractivity (Wildman–Crippen MR) is 81.4 cm³/mol. The van der Waals surface area contributed by atoms with Crippen molar-refractivity contribution in [1.82, 2.24) is 4.98 Å². The topological polar surface area (TPSA) is 39.2 Å². The molecule has 0 saturated carbocycles. The van der Waals surface area contributed by atoms with Gasteiger partial charge in [0.25, 0.3) is 0 Å². The van der Waals surface area contributed by atoms with Crippen LogP contribution in [0.15, 0.2) is 42.6 Å². The molecule has 1 aromatic heterocycles. The van der Waals surface area contributed by atoms with Crippen LogP contribution in [0.3, 0.4) is 0 Å². The van der Waals surface area contributed by atoms with E-state index in [2.05, 4.69) is 11.1 Å². The van der Waals surface area contributed by atoms with Gasteiger partial charge >= 0.3 is 5.97 Å². The molecule has 1 aliphatic rings. The van der Waals surface area contributed by atoms with Crippen LogP contribution in [0, 0.1) is 0 Å². The molecule has 0 saturated heterocycles. The van der Waals surface area contributed by atoms with Crippen molar-refractivity contribution in [1.29, 1.82) is 0 Å². The van der Waals surface area contributed by atoms with Crippen LogP contribution in [0.25, 0.3) is 0 Å². The molecule has 1 atom stereocenters. The van der Waals surface area contributed by atoms with Gasteiger partial charge in [0.1, 0.15) is 6.10 Å². The molecule has 2 aromatic rings. The molecule has 21 heavy (non-hydrogen) atoms. The van der Waals surface area contributed by atoms with E-state index in [1.807, 2.05) is 6.07 Å². The second kappa shape index (κ2) is 6.27. The lowest BCUT2D eigenvalue weighted by molar-refractivity contribution is 0.0265. The molecule has 0 unspecified atom stereocenters. The monoisotopic (exact) mass is 301 g/mol. The van der Waals surface area contributed by atoms with E-state index < -0.39 is 0 Å². The lowest BCUT2D eigenvalue weighted by Crippen LogP contribution is -2.13. The summed E-state index contributed by atoms with van der Waals surface area (Å²) in [5.41, 5.74) is 2.60. The van der Waals surface area contributed by atoms with Gasteiger partial charge in [0.2, 0.25) is 0 Å². The van der Waals surface area contributed by atoms with Crippen LogP contribution in [0.2, 0.25) is 5.02 Å². The van der Waals surface area contributed by atoms with Gasteiger partial charge < -0.3 is 4.74 Å². The number of aromatic nitrogens is 1. The number of rotatable bonds is 2. The Bertz CT molecular complexity index is 639. The van der Waals surface area contributed by atoms with Gasteiger partial charge in [0.15, 0.2) is 0 Å². The highest BCUT2D eigenvalue weighted by molar-refractivity contribution is 6.30. The van der Waals surface area contributed by atoms with Gasteiger partial charge in [0.05, 0.1) is 11.3 Å². The second-order valence-electron chi connectivity index (χ2n) is 5.19. The number of aryl methyl sites for hydroxylation is 1. The molecule has 1 heterocycles. The van der Waals surface area contributed by atoms with E-state index in [0.717, 1.165) is 31.4 Å². The first kappa shape index (κ1) is 14.1. The first-order chi connectivity index (χ1) is 10.2. The second-order valence-corrected chi connectivity index (χ2v) is 5.63. The zero-order chi connectivity index (χ0) is 14.7. The highest BCUT2D eigenvalue weighted by Crippen LogP contribution is 2.30. The minimum Gasteiger partial charge on any atom is -0.452 e. The molecule has 0 radical (unpaired) electrons. The minimum atomic E-state index is -0.324. The number of ether oxygens (including phenoxy) is 1. The standard InChI is InChI=1S/C17H16ClNO2/c18-14-9-7-13(8-10-14)17(20)21-15-6-2-1-4-12-5-3-11-19-16(12)15/h3,5,7-11,15H,1-2,4,6H2/t15-/m1/s1. The van der Waals surface area contributed by atoms with E-state index >= 15 is 0 Å². The molecular formula is C17H16ClNO2. The van der Waals surface area contributed by atoms with Crippen molar-refractivity contribution < 1.29 is 9.53 Å². The number of hydrogen-bond acceptors (Lipinski definition) is 3. The summed E-state index contributed by atoms with van der Waals surface area (Å²) in [6, 6.07) is 10.7. The number of carbonyl (C=O) groups is 1. The molecule has 0 amide bonds. The quantitative estimate of drug-likeness (QED) is 0.611. The summed E-state index contributed by atoms with van der Waals surface area (Å²) in [7, 11) is 0. The van der Waals surface area contributed by atoms with Crippen LogP contribution in [-0.4, -0.2) is 11.0 Å². The smallest absolute Gasteiger partial charge is 0.338 e. The number of esters is 1. The number of halogens is 1. The van der Waals surface area contributed by atoms with Gasteiger partial charge in [0, 0.05) is 11.2 Å². The van der Waals surface area contributed by atoms with Gasteiger partial charge in [-0.15, -0.1) is 0 Å². The van der Waals surface area contributed by atoms with Crippen molar-refractivity contribution in [3.05, 3.63) is 64.4 Å². The van der Waals surface area contributed by atoms with Crippen molar-refractivity contribution in [3.8, 4) is 0 Å². The van der Waals surface area contributed by atoms with Crippen LogP contribution in [0.5, 0.6) is 0 Å². The summed E-state index contributed by atoms with van der Waals surface area (Å²) in [5, 5.41) is 0.605. The van der Waals surface area contributed by atoms with Crippen LogP contribution < -0.4 is 0 Å². The highest BCUT2D eigenvalue weighted by atomic mass is 35.5. The fourth-order valence-corrected chi connectivity index (χ4v) is 2.76. The molecule has 1 aliphatic carbocycles. The minimum absolute atomic E-state index is 0.258. The number of fused-ring (bicyclic) bond motifs is 1. The molecule has 1 aromatic carbocycles. The summed E-state index contributed by atoms with van der Waals surface area (Å²) in [6.07, 6.45) is 5.46. The number of benzene rings is 1. The zero-order valence-corrected chi connectivity index (χ0v) is 12.3. The van der Waals surface area contributed by atoms with Gasteiger partial charge in [-0.3, -0.25) is 4.98 Å². The van der Waals surface area contributed by atoms with Crippen LogP contribution in [0.1, 0.15) is 47.0 Å². The van der Waals surface area contributed by atoms with E-state index in [1.165, 1.54) is 5.56 Å². The molecule has 0 spiro atoms. The van der Waals surface area contributed by atoms with Crippen molar-refractivity contribution >= 4 is 17.6 Å². The fraction of sp³-hybridized carbons (Fsp3) is 0.294. The van der Waals surface area contributed by atoms with E-state index in [0.29, 0.717) is 10.6 Å². The molecule has 4 heteroatoms. The third-order valence-corrected chi connectivity index (χ3v) is 3.97. The summed E-state index contributed by atoms with van der Waals surface area (Å²) < 4.78 is 5.68. The fourth-order valence-electron chi connectivity index (χ4n) is 2.63. The SMILES string of the molecule is O=C(O[C@@H]1CCCCc2cccnc21)c1ccc(Cl)cc1. The third-order valence-electron chi connectivity index (χ3n) is 3.72. The molecule has 3 rings (SSSR count). The molecule has 108 valence electrons. The predicted octanol–water partition coefficient (Wildman–Crippen LogP) is 4.36. The Morgan fingerprint density at radius 3 is 2.81 bits per heavy atom. The van der Waals surface area contributed by atoms with Gasteiger partial charge in [-0.25, -0.2) is 4.79 Å².